The zero-order chi connectivity index (χ0) is 37.8. The number of allylic oxidation sites excluding steroid dienone is 1. The highest BCUT2D eigenvalue weighted by molar-refractivity contribution is 6.57. The second-order valence-corrected chi connectivity index (χ2v) is 15.5. The summed E-state index contributed by atoms with van der Waals surface area (Å²) >= 11 is 0. The number of rotatable bonds is 7. The number of aromatic nitrogens is 1. The van der Waals surface area contributed by atoms with E-state index in [-0.39, 0.29) is 24.5 Å². The minimum absolute atomic E-state index is 0.00731. The number of nitrogens with zero attached hydrogens (tertiary/aromatic N) is 2. The van der Waals surface area contributed by atoms with E-state index in [4.69, 9.17) is 4.74 Å². The van der Waals surface area contributed by atoms with Crippen molar-refractivity contribution in [3.8, 4) is 5.75 Å². The van der Waals surface area contributed by atoms with Gasteiger partial charge in [0.25, 0.3) is 0 Å². The number of esters is 1. The first kappa shape index (κ1) is 34.2. The summed E-state index contributed by atoms with van der Waals surface area (Å²) in [5.41, 5.74) is 6.87. The minimum Gasteiger partial charge on any atom is -0.427 e. The lowest BCUT2D eigenvalue weighted by atomic mass is 9.73. The molecule has 2 aliphatic rings. The number of carbonyl (C=O) groups is 2. The molecule has 6 aromatic carbocycles. The molecule has 0 N–H and O–H groups in total. The summed E-state index contributed by atoms with van der Waals surface area (Å²) in [6, 6.07) is 27.9. The van der Waals surface area contributed by atoms with Gasteiger partial charge in [0.1, 0.15) is 17.5 Å². The van der Waals surface area contributed by atoms with Crippen LogP contribution in [0.1, 0.15) is 83.0 Å². The fourth-order valence-electron chi connectivity index (χ4n) is 10.1. The summed E-state index contributed by atoms with van der Waals surface area (Å²) in [6.07, 6.45) is 2.53. The highest BCUT2D eigenvalue weighted by Gasteiger charge is 2.59. The molecule has 0 saturated heterocycles. The summed E-state index contributed by atoms with van der Waals surface area (Å²) in [6.45, 7) is 7.25. The third kappa shape index (κ3) is 4.92. The van der Waals surface area contributed by atoms with Gasteiger partial charge in [-0.1, -0.05) is 66.7 Å². The molecule has 8 heteroatoms. The van der Waals surface area contributed by atoms with Crippen molar-refractivity contribution in [2.75, 3.05) is 0 Å². The quantitative estimate of drug-likeness (QED) is 0.0412. The highest BCUT2D eigenvalue weighted by atomic mass is 19.2. The van der Waals surface area contributed by atoms with Crippen LogP contribution < -0.4 is 4.74 Å². The second-order valence-electron chi connectivity index (χ2n) is 15.5. The normalized spacial score (nSPS) is 17.8. The monoisotopic (exact) mass is 718 g/mol. The Morgan fingerprint density at radius 2 is 1.35 bits per heavy atom. The van der Waals surface area contributed by atoms with Crippen molar-refractivity contribution < 1.29 is 27.4 Å². The summed E-state index contributed by atoms with van der Waals surface area (Å²) in [4.78, 5) is 26.9. The van der Waals surface area contributed by atoms with Gasteiger partial charge in [-0.3, -0.25) is 9.59 Å². The van der Waals surface area contributed by atoms with Crippen LogP contribution in [0.25, 0.3) is 43.1 Å². The number of benzene rings is 6. The molecule has 0 amide bonds. The van der Waals surface area contributed by atoms with E-state index < -0.39 is 19.0 Å². The largest absolute Gasteiger partial charge is 0.732 e. The number of ether oxygens (including phenoxy) is 1. The Balaban J connectivity index is 0.948. The molecule has 5 nitrogen and oxygen atoms in total. The van der Waals surface area contributed by atoms with E-state index in [2.05, 4.69) is 48.5 Å². The first-order chi connectivity index (χ1) is 25.9. The smallest absolute Gasteiger partial charge is 0.427 e. The number of hydrogen-bond acceptors (Lipinski definition) is 3. The predicted molar refractivity (Wildman–Crippen MR) is 215 cm³/mol. The Morgan fingerprint density at radius 3 is 2.04 bits per heavy atom. The molecule has 54 heavy (non-hydrogen) atoms. The fourth-order valence-corrected chi connectivity index (χ4v) is 10.1. The molecule has 7 aromatic rings. The maximum absolute atomic E-state index is 16.2. The lowest BCUT2D eigenvalue weighted by Gasteiger charge is -2.42. The third-order valence-electron chi connectivity index (χ3n) is 12.1. The van der Waals surface area contributed by atoms with Crippen molar-refractivity contribution in [1.82, 2.24) is 4.48 Å². The third-order valence-corrected chi connectivity index (χ3v) is 12.1. The van der Waals surface area contributed by atoms with Crippen molar-refractivity contribution in [2.45, 2.75) is 72.8 Å². The Bertz CT molecular complexity index is 2760. The first-order valence-electron chi connectivity index (χ1n) is 18.8. The van der Waals surface area contributed by atoms with Gasteiger partial charge in [-0.15, -0.1) is 0 Å². The van der Waals surface area contributed by atoms with Gasteiger partial charge in [0.15, 0.2) is 5.78 Å². The molecular weight excluding hydrogens is 677 g/mol. The molecule has 9 rings (SSSR count). The standard InChI is InChI=1S/C46H41BF2N2O3/c1-25-23-32(24-26(2)41(25)44-45-27(3)21-29(5)50(45)47(48,49)51-30(6)22-28(4)46(44)51)54-40(53)18-10-17-39(52)33-19-20-38-36-14-8-12-31-11-7-13-35(42(31)36)37-16-9-15-34(33)43(37)38/h7-9,11-16,19-24,44-45H,10,17-18H2,1-6H3. The topological polar surface area (TPSA) is 51.3 Å². The van der Waals surface area contributed by atoms with Crippen molar-refractivity contribution >= 4 is 67.5 Å². The van der Waals surface area contributed by atoms with Crippen LogP contribution in [0.5, 0.6) is 5.75 Å². The number of hydrogen-bond donors (Lipinski definition) is 0. The molecule has 0 fully saturated rings. The molecule has 2 unspecified atom stereocenters. The molecule has 2 aliphatic heterocycles. The molecule has 0 saturated carbocycles. The molecule has 3 heterocycles. The molecule has 0 spiro atoms. The minimum atomic E-state index is -4.03. The van der Waals surface area contributed by atoms with Gasteiger partial charge in [0.2, 0.25) is 0 Å². The predicted octanol–water partition coefficient (Wildman–Crippen LogP) is 10.9. The summed E-state index contributed by atoms with van der Waals surface area (Å²) < 4.78 is 40.9. The molecule has 0 radical (unpaired) electrons. The van der Waals surface area contributed by atoms with Crippen molar-refractivity contribution in [2.24, 2.45) is 0 Å². The van der Waals surface area contributed by atoms with E-state index in [1.54, 1.807) is 13.8 Å². The van der Waals surface area contributed by atoms with Gasteiger partial charge in [-0.25, -0.2) is 0 Å². The van der Waals surface area contributed by atoms with Gasteiger partial charge in [0.05, 0.1) is 5.92 Å². The molecule has 2 atom stereocenters. The van der Waals surface area contributed by atoms with E-state index in [1.165, 1.54) is 30.5 Å². The van der Waals surface area contributed by atoms with Crippen LogP contribution in [0.15, 0.2) is 96.6 Å². The van der Waals surface area contributed by atoms with Crippen LogP contribution in [-0.2, 0) is 4.79 Å². The van der Waals surface area contributed by atoms with Gasteiger partial charge in [0, 0.05) is 37.1 Å². The van der Waals surface area contributed by atoms with Gasteiger partial charge >= 0.3 is 12.9 Å². The van der Waals surface area contributed by atoms with Gasteiger partial charge in [-0.05, 0) is 136 Å². The zero-order valence-corrected chi connectivity index (χ0v) is 31.4. The van der Waals surface area contributed by atoms with Gasteiger partial charge < -0.3 is 22.3 Å². The zero-order valence-electron chi connectivity index (χ0n) is 31.4. The SMILES string of the molecule is CC1=CC(C)=[N+]2C1C(c1c(C)cc(OC(=O)CCCC(=O)c3ccc4c5cccc6cccc(c7cccc3c74)c65)cc1C)c1c(C)cc(C)n1[B-]2(F)F. The number of ketones is 1. The number of fused-ring (bicyclic) bond motifs is 4. The molecule has 0 aliphatic carbocycles. The lowest BCUT2D eigenvalue weighted by Crippen LogP contribution is -2.59. The Kier molecular flexibility index (Phi) is 7.72. The molecule has 1 aromatic heterocycles. The van der Waals surface area contributed by atoms with Crippen LogP contribution in [0.3, 0.4) is 0 Å². The molecule has 0 bridgehead atoms. The van der Waals surface area contributed by atoms with Crippen molar-refractivity contribution in [1.29, 1.82) is 0 Å². The van der Waals surface area contributed by atoms with E-state index in [1.807, 2.05) is 70.2 Å². The van der Waals surface area contributed by atoms with Gasteiger partial charge in [-0.2, -0.15) is 0 Å². The Hall–Kier alpha value is -5.63. The van der Waals surface area contributed by atoms with E-state index in [0.29, 0.717) is 34.8 Å². The number of halogens is 2. The summed E-state index contributed by atoms with van der Waals surface area (Å²) in [5, 5.41) is 9.05. The molecular formula is C46H41BF2N2O3. The van der Waals surface area contributed by atoms with Crippen LogP contribution in [0, 0.1) is 27.7 Å². The average Bonchev–Trinajstić information content (AvgIpc) is 3.61. The van der Waals surface area contributed by atoms with Crippen LogP contribution in [-0.4, -0.2) is 39.4 Å². The maximum atomic E-state index is 16.2. The maximum Gasteiger partial charge on any atom is 0.732 e. The van der Waals surface area contributed by atoms with E-state index >= 15 is 8.63 Å². The van der Waals surface area contributed by atoms with Crippen LogP contribution in [0.2, 0.25) is 0 Å². The summed E-state index contributed by atoms with van der Waals surface area (Å²) in [7, 11) is 0. The Morgan fingerprint density at radius 1 is 0.741 bits per heavy atom. The highest BCUT2D eigenvalue weighted by Crippen LogP contribution is 2.48. The van der Waals surface area contributed by atoms with E-state index in [9.17, 15) is 9.59 Å². The van der Waals surface area contributed by atoms with E-state index in [0.717, 1.165) is 49.4 Å². The summed E-state index contributed by atoms with van der Waals surface area (Å²) in [5.74, 6) is -0.339. The fraction of sp³-hybridized carbons (Fsp3) is 0.239. The lowest BCUT2D eigenvalue weighted by molar-refractivity contribution is -0.463. The van der Waals surface area contributed by atoms with Crippen LogP contribution >= 0.6 is 0 Å². The Labute approximate surface area is 312 Å². The van der Waals surface area contributed by atoms with Crippen molar-refractivity contribution in [3.63, 3.8) is 0 Å². The first-order valence-corrected chi connectivity index (χ1v) is 18.8. The number of carbonyl (C=O) groups excluding carboxylic acids is 2. The van der Waals surface area contributed by atoms with Crippen molar-refractivity contribution in [3.05, 3.63) is 136 Å². The van der Waals surface area contributed by atoms with Crippen LogP contribution in [0.4, 0.5) is 8.63 Å². The number of aryl methyl sites for hydroxylation is 4. The molecule has 270 valence electrons. The number of Topliss-reactive ketones (excluding diaryl/α,β-unsaturated/α-hetero) is 1. The average molecular weight is 719 g/mol. The second kappa shape index (κ2) is 12.2.